The van der Waals surface area contributed by atoms with Crippen LogP contribution in [0.15, 0.2) is 0 Å². The van der Waals surface area contributed by atoms with Gasteiger partial charge in [-0.15, -0.1) is 0 Å². The molecule has 0 aliphatic carbocycles. The first-order chi connectivity index (χ1) is 14.4. The van der Waals surface area contributed by atoms with Gasteiger partial charge in [-0.3, -0.25) is 14.4 Å². The van der Waals surface area contributed by atoms with Gasteiger partial charge in [-0.1, -0.05) is 54.4 Å². The zero-order chi connectivity index (χ0) is 24.3. The van der Waals surface area contributed by atoms with Crippen molar-refractivity contribution in [3.8, 4) is 0 Å². The van der Waals surface area contributed by atoms with Gasteiger partial charge in [0.2, 0.25) is 17.7 Å². The highest BCUT2D eigenvalue weighted by Crippen LogP contribution is 2.11. The van der Waals surface area contributed by atoms with E-state index in [1.54, 1.807) is 13.8 Å². The van der Waals surface area contributed by atoms with Crippen LogP contribution in [0, 0.1) is 17.8 Å². The lowest BCUT2D eigenvalue weighted by Crippen LogP contribution is -2.60. The third-order valence-electron chi connectivity index (χ3n) is 5.49. The molecule has 10 heteroatoms. The minimum atomic E-state index is -1.28. The lowest BCUT2D eigenvalue weighted by atomic mass is 9.96. The quantitative estimate of drug-likeness (QED) is 0.219. The number of aliphatic hydroxyl groups excluding tert-OH is 1. The molecule has 6 unspecified atom stereocenters. The lowest BCUT2D eigenvalue weighted by Gasteiger charge is -2.28. The van der Waals surface area contributed by atoms with Crippen LogP contribution in [0.4, 0.5) is 0 Å². The lowest BCUT2D eigenvalue weighted by molar-refractivity contribution is -0.143. The van der Waals surface area contributed by atoms with E-state index in [9.17, 15) is 29.4 Å². The second kappa shape index (κ2) is 14.0. The largest absolute Gasteiger partial charge is 0.480 e. The van der Waals surface area contributed by atoms with E-state index in [4.69, 9.17) is 5.73 Å². The monoisotopic (exact) mass is 444 g/mol. The van der Waals surface area contributed by atoms with Gasteiger partial charge in [0.1, 0.15) is 18.1 Å². The normalized spacial score (nSPS) is 17.1. The summed E-state index contributed by atoms with van der Waals surface area (Å²) in [5, 5.41) is 26.4. The first-order valence-corrected chi connectivity index (χ1v) is 10.9. The van der Waals surface area contributed by atoms with Crippen LogP contribution >= 0.6 is 0 Å². The predicted octanol–water partition coefficient (Wildman–Crippen LogP) is -0.0167. The Morgan fingerprint density at radius 2 is 1.32 bits per heavy atom. The summed E-state index contributed by atoms with van der Waals surface area (Å²) in [6.07, 6.45) is 1.45. The number of hydrogen-bond acceptors (Lipinski definition) is 6. The van der Waals surface area contributed by atoms with Crippen molar-refractivity contribution in [1.82, 2.24) is 16.0 Å². The summed E-state index contributed by atoms with van der Waals surface area (Å²) in [6.45, 7) is 10.3. The number of aliphatic carboxylic acids is 1. The van der Waals surface area contributed by atoms with E-state index in [1.807, 2.05) is 27.7 Å². The number of carboxylic acids is 1. The number of hydrogen-bond donors (Lipinski definition) is 6. The zero-order valence-corrected chi connectivity index (χ0v) is 19.5. The molecular weight excluding hydrogens is 404 g/mol. The van der Waals surface area contributed by atoms with E-state index in [0.29, 0.717) is 12.8 Å². The highest BCUT2D eigenvalue weighted by Gasteiger charge is 2.33. The highest BCUT2D eigenvalue weighted by atomic mass is 16.4. The first kappa shape index (κ1) is 28.8. The number of nitrogens with one attached hydrogen (secondary N) is 3. The average Bonchev–Trinajstić information content (AvgIpc) is 2.72. The summed E-state index contributed by atoms with van der Waals surface area (Å²) >= 11 is 0. The molecule has 0 aromatic heterocycles. The van der Waals surface area contributed by atoms with Crippen molar-refractivity contribution in [2.75, 3.05) is 6.61 Å². The SMILES string of the molecule is CCC(C)C(N)C(=O)NC(CO)C(=O)NC(C(=O)NC(CC(C)C)C(=O)O)C(C)CC. The minimum absolute atomic E-state index is 0.0433. The highest BCUT2D eigenvalue weighted by molar-refractivity contribution is 5.94. The second-order valence-electron chi connectivity index (χ2n) is 8.56. The predicted molar refractivity (Wildman–Crippen MR) is 117 cm³/mol. The van der Waals surface area contributed by atoms with Gasteiger partial charge in [-0.05, 0) is 24.2 Å². The van der Waals surface area contributed by atoms with Crippen LogP contribution in [0.2, 0.25) is 0 Å². The van der Waals surface area contributed by atoms with Crippen molar-refractivity contribution in [2.45, 2.75) is 85.0 Å². The molecule has 0 aliphatic rings. The van der Waals surface area contributed by atoms with E-state index >= 15 is 0 Å². The summed E-state index contributed by atoms with van der Waals surface area (Å²) in [7, 11) is 0. The number of amides is 3. The van der Waals surface area contributed by atoms with Crippen molar-refractivity contribution < 1.29 is 29.4 Å². The van der Waals surface area contributed by atoms with Crippen LogP contribution in [0.3, 0.4) is 0 Å². The molecule has 0 fully saturated rings. The van der Waals surface area contributed by atoms with Crippen LogP contribution in [-0.2, 0) is 19.2 Å². The number of aliphatic hydroxyl groups is 1. The maximum absolute atomic E-state index is 12.8. The fourth-order valence-corrected chi connectivity index (χ4v) is 2.88. The molecule has 3 amide bonds. The summed E-state index contributed by atoms with van der Waals surface area (Å²) < 4.78 is 0. The van der Waals surface area contributed by atoms with Crippen molar-refractivity contribution in [1.29, 1.82) is 0 Å². The van der Waals surface area contributed by atoms with E-state index in [0.717, 1.165) is 0 Å². The van der Waals surface area contributed by atoms with E-state index in [2.05, 4.69) is 16.0 Å². The average molecular weight is 445 g/mol. The van der Waals surface area contributed by atoms with Gasteiger partial charge in [0, 0.05) is 0 Å². The van der Waals surface area contributed by atoms with Crippen LogP contribution in [0.25, 0.3) is 0 Å². The zero-order valence-electron chi connectivity index (χ0n) is 19.5. The van der Waals surface area contributed by atoms with Crippen molar-refractivity contribution in [3.63, 3.8) is 0 Å². The molecule has 0 aliphatic heterocycles. The number of carboxylic acid groups (broad SMARTS) is 1. The van der Waals surface area contributed by atoms with Crippen LogP contribution < -0.4 is 21.7 Å². The third-order valence-corrected chi connectivity index (χ3v) is 5.49. The minimum Gasteiger partial charge on any atom is -0.480 e. The molecule has 31 heavy (non-hydrogen) atoms. The van der Waals surface area contributed by atoms with Gasteiger partial charge in [0.15, 0.2) is 0 Å². The molecule has 6 atom stereocenters. The summed E-state index contributed by atoms with van der Waals surface area (Å²) in [5.41, 5.74) is 5.87. The van der Waals surface area contributed by atoms with Gasteiger partial charge in [-0.25, -0.2) is 4.79 Å². The fourth-order valence-electron chi connectivity index (χ4n) is 2.88. The Labute approximate surface area is 184 Å². The molecule has 10 nitrogen and oxygen atoms in total. The number of carbonyl (C=O) groups is 4. The van der Waals surface area contributed by atoms with Crippen molar-refractivity contribution >= 4 is 23.7 Å². The Bertz CT molecular complexity index is 613. The molecule has 0 aromatic carbocycles. The molecule has 7 N–H and O–H groups in total. The topological polar surface area (TPSA) is 171 Å². The molecule has 0 heterocycles. The Morgan fingerprint density at radius 3 is 1.74 bits per heavy atom. The fraction of sp³-hybridized carbons (Fsp3) is 0.810. The molecule has 0 spiro atoms. The van der Waals surface area contributed by atoms with E-state index < -0.39 is 54.5 Å². The number of carbonyl (C=O) groups excluding carboxylic acids is 3. The molecule has 180 valence electrons. The summed E-state index contributed by atoms with van der Waals surface area (Å²) in [4.78, 5) is 49.2. The smallest absolute Gasteiger partial charge is 0.326 e. The number of rotatable bonds is 14. The third kappa shape index (κ3) is 9.65. The molecule has 0 rings (SSSR count). The van der Waals surface area contributed by atoms with E-state index in [1.165, 1.54) is 0 Å². The van der Waals surface area contributed by atoms with Gasteiger partial charge in [0.25, 0.3) is 0 Å². The first-order valence-electron chi connectivity index (χ1n) is 10.9. The molecule has 0 bridgehead atoms. The van der Waals surface area contributed by atoms with E-state index in [-0.39, 0.29) is 24.2 Å². The van der Waals surface area contributed by atoms with Crippen molar-refractivity contribution in [2.24, 2.45) is 23.5 Å². The van der Waals surface area contributed by atoms with Crippen LogP contribution in [0.5, 0.6) is 0 Å². The Hall–Kier alpha value is -2.20. The second-order valence-corrected chi connectivity index (χ2v) is 8.56. The maximum atomic E-state index is 12.8. The molecule has 0 saturated carbocycles. The maximum Gasteiger partial charge on any atom is 0.326 e. The Kier molecular flexibility index (Phi) is 13.0. The van der Waals surface area contributed by atoms with Crippen molar-refractivity contribution in [3.05, 3.63) is 0 Å². The van der Waals surface area contributed by atoms with Gasteiger partial charge in [-0.2, -0.15) is 0 Å². The Balaban J connectivity index is 5.35. The standard InChI is InChI=1S/C21H40N4O6/c1-7-12(5)16(22)19(28)24-15(10-26)18(27)25-17(13(6)8-2)20(29)23-14(21(30)31)9-11(3)4/h11-17,26H,7-10,22H2,1-6H3,(H,23,29)(H,24,28)(H,25,27)(H,30,31). The molecule has 0 saturated heterocycles. The van der Waals surface area contributed by atoms with Crippen LogP contribution in [-0.4, -0.2) is 64.7 Å². The van der Waals surface area contributed by atoms with Gasteiger partial charge in [0.05, 0.1) is 12.6 Å². The van der Waals surface area contributed by atoms with Gasteiger partial charge < -0.3 is 31.9 Å². The number of nitrogens with two attached hydrogens (primary N) is 1. The Morgan fingerprint density at radius 1 is 0.806 bits per heavy atom. The molecule has 0 radical (unpaired) electrons. The summed E-state index contributed by atoms with van der Waals surface area (Å²) in [6, 6.07) is -4.24. The summed E-state index contributed by atoms with van der Waals surface area (Å²) in [5.74, 6) is -3.49. The molecular formula is C21H40N4O6. The van der Waals surface area contributed by atoms with Crippen LogP contribution in [0.1, 0.15) is 60.8 Å². The van der Waals surface area contributed by atoms with Gasteiger partial charge >= 0.3 is 5.97 Å². The molecule has 0 aromatic rings.